The number of benzene rings is 3. The number of fused-ring (bicyclic) bond motifs is 1. The summed E-state index contributed by atoms with van der Waals surface area (Å²) in [6, 6.07) is 12.5. The van der Waals surface area contributed by atoms with Gasteiger partial charge >= 0.3 is 0 Å². The predicted octanol–water partition coefficient (Wildman–Crippen LogP) is 5.51. The van der Waals surface area contributed by atoms with E-state index < -0.39 is 42.1 Å². The molecule has 1 N–H and O–H groups in total. The molecule has 0 saturated carbocycles. The van der Waals surface area contributed by atoms with Crippen molar-refractivity contribution in [1.29, 1.82) is 0 Å². The minimum Gasteiger partial charge on any atom is -0.287 e. The van der Waals surface area contributed by atoms with E-state index in [1.54, 1.807) is 24.3 Å². The van der Waals surface area contributed by atoms with E-state index in [0.717, 1.165) is 0 Å². The summed E-state index contributed by atoms with van der Waals surface area (Å²) in [6.45, 7) is 0. The molecule has 0 radical (unpaired) electrons. The van der Waals surface area contributed by atoms with E-state index in [-0.39, 0.29) is 16.8 Å². The fraction of sp³-hybridized carbons (Fsp3) is 0. The first kappa shape index (κ1) is 11.0. The van der Waals surface area contributed by atoms with Crippen LogP contribution in [0.15, 0.2) is 100 Å². The van der Waals surface area contributed by atoms with E-state index in [4.69, 9.17) is 8.22 Å². The van der Waals surface area contributed by atoms with Gasteiger partial charge in [-0.25, -0.2) is 0 Å². The highest BCUT2D eigenvalue weighted by molar-refractivity contribution is 6.52. The van der Waals surface area contributed by atoms with Crippen LogP contribution in [0.4, 0.5) is 17.1 Å². The van der Waals surface area contributed by atoms with Gasteiger partial charge in [-0.1, -0.05) is 48.4 Å². The minimum atomic E-state index is -0.904. The Kier molecular flexibility index (Phi) is 3.08. The number of ketones is 1. The summed E-state index contributed by atoms with van der Waals surface area (Å²) in [5.74, 6) is -0.904. The van der Waals surface area contributed by atoms with Gasteiger partial charge in [0.25, 0.3) is 0 Å². The summed E-state index contributed by atoms with van der Waals surface area (Å²) in [4.78, 5) is 12.6. The lowest BCUT2D eigenvalue weighted by Gasteiger charge is -2.12. The number of azo groups is 1. The molecule has 0 amide bonds. The molecule has 3 aromatic rings. The third-order valence-electron chi connectivity index (χ3n) is 3.64. The molecule has 5 nitrogen and oxygen atoms in total. The highest BCUT2D eigenvalue weighted by Gasteiger charge is 2.18. The molecule has 0 aromatic heterocycles. The van der Waals surface area contributed by atoms with Crippen molar-refractivity contribution in [2.45, 2.75) is 0 Å². The van der Waals surface area contributed by atoms with Crippen molar-refractivity contribution in [2.24, 2.45) is 15.3 Å². The van der Waals surface area contributed by atoms with Crippen molar-refractivity contribution >= 4 is 34.6 Å². The largest absolute Gasteiger partial charge is 0.287 e. The number of hydrogen-bond donors (Lipinski definition) is 1. The van der Waals surface area contributed by atoms with Gasteiger partial charge in [0.05, 0.1) is 25.3 Å². The zero-order valence-corrected chi connectivity index (χ0v) is 13.9. The lowest BCUT2D eigenvalue weighted by molar-refractivity contribution is -0.108. The van der Waals surface area contributed by atoms with Crippen LogP contribution in [0, 0.1) is 0 Å². The molecule has 5 heteroatoms. The molecular formula is C22H16N4O. The first-order chi connectivity index (χ1) is 15.8. The molecule has 27 heavy (non-hydrogen) atoms. The van der Waals surface area contributed by atoms with Gasteiger partial charge in [0, 0.05) is 5.56 Å². The molecule has 4 rings (SSSR count). The Hall–Kier alpha value is -3.86. The minimum absolute atomic E-state index is 0.201. The SMILES string of the molecule is [2H]C1=C([2H])c2c([2H])c([2H])c([2H])c([2H])c2/C(=N/Nc2ccc(N=Nc3ccccc3)cc2)C1=O. The Morgan fingerprint density at radius 2 is 1.52 bits per heavy atom. The second-order valence-electron chi connectivity index (χ2n) is 5.48. The Morgan fingerprint density at radius 3 is 2.30 bits per heavy atom. The summed E-state index contributed by atoms with van der Waals surface area (Å²) in [5, 5.41) is 12.3. The highest BCUT2D eigenvalue weighted by atomic mass is 16.1. The number of anilines is 1. The molecule has 3 aromatic carbocycles. The third-order valence-corrected chi connectivity index (χ3v) is 3.64. The van der Waals surface area contributed by atoms with Gasteiger partial charge in [0.2, 0.25) is 5.78 Å². The van der Waals surface area contributed by atoms with Crippen LogP contribution in [-0.2, 0) is 4.79 Å². The summed E-state index contributed by atoms with van der Waals surface area (Å²) in [5.41, 5.74) is 3.67. The molecular weight excluding hydrogens is 336 g/mol. The smallest absolute Gasteiger partial charge is 0.206 e. The normalized spacial score (nSPS) is 18.4. The van der Waals surface area contributed by atoms with E-state index in [1.807, 2.05) is 30.3 Å². The molecule has 130 valence electrons. The summed E-state index contributed by atoms with van der Waals surface area (Å²) >= 11 is 0. The maximum atomic E-state index is 12.6. The van der Waals surface area contributed by atoms with Gasteiger partial charge in [-0.15, -0.1) is 0 Å². The van der Waals surface area contributed by atoms with Crippen molar-refractivity contribution in [2.75, 3.05) is 5.43 Å². The molecule has 0 atom stereocenters. The highest BCUT2D eigenvalue weighted by Crippen LogP contribution is 2.21. The number of hydrazone groups is 1. The number of nitrogens with one attached hydrogen (secondary N) is 1. The van der Waals surface area contributed by atoms with Crippen LogP contribution in [0.2, 0.25) is 0 Å². The van der Waals surface area contributed by atoms with Gasteiger partial charge < -0.3 is 0 Å². The number of hydrogen-bond acceptors (Lipinski definition) is 5. The Morgan fingerprint density at radius 1 is 0.815 bits per heavy atom. The average molecular weight is 358 g/mol. The summed E-state index contributed by atoms with van der Waals surface area (Å²) in [7, 11) is 0. The Balaban J connectivity index is 1.65. The molecule has 1 aliphatic rings. The Labute approximate surface area is 165 Å². The number of carbonyl (C=O) groups is 1. The van der Waals surface area contributed by atoms with E-state index >= 15 is 0 Å². The first-order valence-corrected chi connectivity index (χ1v) is 8.03. The second-order valence-corrected chi connectivity index (χ2v) is 5.48. The van der Waals surface area contributed by atoms with E-state index in [0.29, 0.717) is 17.1 Å². The van der Waals surface area contributed by atoms with Crippen LogP contribution in [0.3, 0.4) is 0 Å². The lowest BCUT2D eigenvalue weighted by Crippen LogP contribution is -2.19. The molecule has 0 bridgehead atoms. The van der Waals surface area contributed by atoms with Crippen LogP contribution in [0.5, 0.6) is 0 Å². The fourth-order valence-electron chi connectivity index (χ4n) is 2.32. The van der Waals surface area contributed by atoms with E-state index in [2.05, 4.69) is 20.8 Å². The van der Waals surface area contributed by atoms with Crippen molar-refractivity contribution in [3.63, 3.8) is 0 Å². The molecule has 0 saturated heterocycles. The first-order valence-electron chi connectivity index (χ1n) is 11.0. The number of carbonyl (C=O) groups excluding carboxylic acids is 1. The van der Waals surface area contributed by atoms with Crippen molar-refractivity contribution in [3.05, 3.63) is 95.9 Å². The van der Waals surface area contributed by atoms with Crippen LogP contribution in [0.1, 0.15) is 19.4 Å². The van der Waals surface area contributed by atoms with E-state index in [9.17, 15) is 4.79 Å². The lowest BCUT2D eigenvalue weighted by atomic mass is 9.95. The molecule has 0 aliphatic heterocycles. The van der Waals surface area contributed by atoms with Crippen LogP contribution in [-0.4, -0.2) is 11.5 Å². The van der Waals surface area contributed by atoms with Crippen molar-refractivity contribution < 1.29 is 13.0 Å². The monoisotopic (exact) mass is 358 g/mol. The zero-order valence-electron chi connectivity index (χ0n) is 19.9. The molecule has 0 fully saturated rings. The average Bonchev–Trinajstić information content (AvgIpc) is 2.84. The molecule has 1 aliphatic carbocycles. The molecule has 0 unspecified atom stereocenters. The maximum absolute atomic E-state index is 12.6. The molecule has 0 spiro atoms. The van der Waals surface area contributed by atoms with Crippen molar-refractivity contribution in [1.82, 2.24) is 0 Å². The third kappa shape index (κ3) is 3.88. The van der Waals surface area contributed by atoms with Crippen LogP contribution < -0.4 is 5.43 Å². The number of nitrogens with zero attached hydrogens (tertiary/aromatic N) is 3. The predicted molar refractivity (Wildman–Crippen MR) is 108 cm³/mol. The van der Waals surface area contributed by atoms with Crippen molar-refractivity contribution in [3.8, 4) is 0 Å². The zero-order chi connectivity index (χ0) is 23.7. The number of allylic oxidation sites excluding steroid dienone is 1. The number of rotatable bonds is 4. The van der Waals surface area contributed by atoms with Gasteiger partial charge in [-0.2, -0.15) is 15.3 Å². The fourth-order valence-corrected chi connectivity index (χ4v) is 2.32. The molecule has 0 heterocycles. The van der Waals surface area contributed by atoms with Gasteiger partial charge in [-0.3, -0.25) is 10.2 Å². The van der Waals surface area contributed by atoms with Gasteiger partial charge in [-0.05, 0) is 48.0 Å². The Bertz CT molecular complexity index is 1350. The standard InChI is InChI=1S/C22H16N4O/c27-21-15-10-16-6-4-5-9-20(16)22(21)26-25-19-13-11-18(12-14-19)24-23-17-7-2-1-3-8-17/h1-15,25H/b24-23?,26-22-/i4D,5D,6D,9D,10D,15D. The maximum Gasteiger partial charge on any atom is 0.206 e. The summed E-state index contributed by atoms with van der Waals surface area (Å²) in [6.07, 6.45) is 0. The van der Waals surface area contributed by atoms with Gasteiger partial charge in [0.15, 0.2) is 0 Å². The van der Waals surface area contributed by atoms with Crippen LogP contribution in [0.25, 0.3) is 6.05 Å². The van der Waals surface area contributed by atoms with E-state index in [1.165, 1.54) is 0 Å². The van der Waals surface area contributed by atoms with Crippen LogP contribution >= 0.6 is 0 Å². The van der Waals surface area contributed by atoms with Gasteiger partial charge in [0.1, 0.15) is 5.71 Å². The quantitative estimate of drug-likeness (QED) is 0.493. The summed E-state index contributed by atoms with van der Waals surface area (Å²) < 4.78 is 47.9. The second kappa shape index (κ2) is 7.58. The topological polar surface area (TPSA) is 66.2 Å².